The number of imide groups is 1. The maximum atomic E-state index is 14.3. The number of nitro groups is 1. The van der Waals surface area contributed by atoms with Crippen molar-refractivity contribution in [1.29, 1.82) is 5.26 Å². The van der Waals surface area contributed by atoms with Gasteiger partial charge in [0.15, 0.2) is 0 Å². The molecule has 6 amide bonds. The van der Waals surface area contributed by atoms with Gasteiger partial charge in [-0.1, -0.05) is 66.2 Å². The van der Waals surface area contributed by atoms with Crippen molar-refractivity contribution in [2.24, 2.45) is 0 Å². The maximum absolute atomic E-state index is 14.3. The number of nitriles is 1. The summed E-state index contributed by atoms with van der Waals surface area (Å²) >= 11 is 13.1. The first-order chi connectivity index (χ1) is 37.1. The zero-order valence-electron chi connectivity index (χ0n) is 42.1. The summed E-state index contributed by atoms with van der Waals surface area (Å²) < 4.78 is 12.4. The smallest absolute Gasteiger partial charge is 0.319 e. The first-order valence-electron chi connectivity index (χ1n) is 25.3. The molecule has 0 saturated carbocycles. The number of urea groups is 1. The number of likely N-dealkylation sites (tertiary alicyclic amines) is 1. The van der Waals surface area contributed by atoms with E-state index >= 15 is 0 Å². The number of piperidine rings is 1. The fourth-order valence-corrected chi connectivity index (χ4v) is 11.3. The SMILES string of the molecule is C=C(COc1cc([N+](=O)[O-])c(Cl)cc1NC(=O)NCc1ccc2c(c1)CN(C1CCC(=O)NC1=O)C2=O)C(=O)N1CCN(c2nc(OC[C@@H]3CCCN3C)nc3c2CCN(c2cccc4cccc(Cl)c24)C3)C[C@@H]1CC#N. The summed E-state index contributed by atoms with van der Waals surface area (Å²) in [5.41, 5.74) is 3.91. The molecule has 5 aromatic rings. The molecule has 398 valence electrons. The van der Waals surface area contributed by atoms with Crippen molar-refractivity contribution >= 4 is 86.5 Å². The van der Waals surface area contributed by atoms with Crippen molar-refractivity contribution in [1.82, 2.24) is 35.3 Å². The van der Waals surface area contributed by atoms with Crippen LogP contribution in [0.4, 0.5) is 27.7 Å². The van der Waals surface area contributed by atoms with Gasteiger partial charge in [0.25, 0.3) is 17.5 Å². The zero-order valence-corrected chi connectivity index (χ0v) is 43.6. The van der Waals surface area contributed by atoms with Gasteiger partial charge in [0.1, 0.15) is 35.8 Å². The Labute approximate surface area is 452 Å². The van der Waals surface area contributed by atoms with Crippen LogP contribution in [0.2, 0.25) is 10.0 Å². The van der Waals surface area contributed by atoms with Gasteiger partial charge < -0.3 is 44.6 Å². The van der Waals surface area contributed by atoms with Gasteiger partial charge in [0.05, 0.1) is 52.5 Å². The van der Waals surface area contributed by atoms with Gasteiger partial charge in [0.2, 0.25) is 11.8 Å². The molecule has 3 fully saturated rings. The summed E-state index contributed by atoms with van der Waals surface area (Å²) in [5.74, 6) is -1.21. The van der Waals surface area contributed by atoms with E-state index in [0.717, 1.165) is 59.2 Å². The molecule has 3 atom stereocenters. The number of halogens is 2. The van der Waals surface area contributed by atoms with Crippen LogP contribution in [0.5, 0.6) is 11.8 Å². The molecule has 3 N–H and O–H groups in total. The molecule has 0 spiro atoms. The molecule has 0 bridgehead atoms. The molecule has 5 aliphatic rings. The van der Waals surface area contributed by atoms with E-state index in [2.05, 4.69) is 56.4 Å². The number of nitrogens with zero attached hydrogens (tertiary/aromatic N) is 9. The third kappa shape index (κ3) is 11.0. The second kappa shape index (κ2) is 22.3. The monoisotopic (exact) mass is 1080 g/mol. The zero-order chi connectivity index (χ0) is 54.1. The highest BCUT2D eigenvalue weighted by atomic mass is 35.5. The number of benzene rings is 4. The summed E-state index contributed by atoms with van der Waals surface area (Å²) in [5, 5.41) is 32.1. The molecule has 5 aliphatic heterocycles. The van der Waals surface area contributed by atoms with Crippen LogP contribution in [0.25, 0.3) is 10.8 Å². The number of fused-ring (bicyclic) bond motifs is 3. The number of ether oxygens (including phenoxy) is 2. The Morgan fingerprint density at radius 2 is 1.77 bits per heavy atom. The van der Waals surface area contributed by atoms with Crippen LogP contribution in [0.3, 0.4) is 0 Å². The van der Waals surface area contributed by atoms with Crippen LogP contribution in [-0.4, -0.2) is 130 Å². The van der Waals surface area contributed by atoms with E-state index < -0.39 is 47.1 Å². The van der Waals surface area contributed by atoms with Crippen LogP contribution >= 0.6 is 23.2 Å². The molecule has 1 unspecified atom stereocenters. The number of likely N-dealkylation sites (N-methyl/N-ethyl adjacent to an activating group) is 1. The van der Waals surface area contributed by atoms with Crippen molar-refractivity contribution in [3.05, 3.63) is 127 Å². The minimum absolute atomic E-state index is 0.00184. The molecular weight excluding hydrogens is 1030 g/mol. The quantitative estimate of drug-likeness (QED) is 0.0437. The number of nitrogens with one attached hydrogen (secondary N) is 3. The van der Waals surface area contributed by atoms with E-state index in [9.17, 15) is 39.3 Å². The number of nitro benzene ring substituents is 1. The van der Waals surface area contributed by atoms with E-state index in [1.807, 2.05) is 30.3 Å². The summed E-state index contributed by atoms with van der Waals surface area (Å²) in [6.45, 7) is 7.09. The lowest BCUT2D eigenvalue weighted by Gasteiger charge is -2.42. The molecule has 6 heterocycles. The normalized spacial score (nSPS) is 19.4. The van der Waals surface area contributed by atoms with Crippen LogP contribution < -0.4 is 35.2 Å². The second-order valence-electron chi connectivity index (χ2n) is 19.7. The van der Waals surface area contributed by atoms with Crippen molar-refractivity contribution in [3.63, 3.8) is 0 Å². The average Bonchev–Trinajstić information content (AvgIpc) is 3.99. The molecule has 10 rings (SSSR count). The Morgan fingerprint density at radius 3 is 2.53 bits per heavy atom. The Bertz CT molecular complexity index is 3290. The van der Waals surface area contributed by atoms with E-state index in [1.54, 1.807) is 23.1 Å². The van der Waals surface area contributed by atoms with Gasteiger partial charge in [-0.25, -0.2) is 4.79 Å². The van der Waals surface area contributed by atoms with Gasteiger partial charge in [-0.05, 0) is 80.1 Å². The number of carbonyl (C=O) groups excluding carboxylic acids is 5. The number of amides is 6. The highest BCUT2D eigenvalue weighted by Gasteiger charge is 2.40. The Hall–Kier alpha value is -8.06. The number of anilines is 3. The number of rotatable bonds is 15. The maximum Gasteiger partial charge on any atom is 0.319 e. The minimum Gasteiger partial charge on any atom is -0.486 e. The van der Waals surface area contributed by atoms with Gasteiger partial charge in [-0.15, -0.1) is 0 Å². The van der Waals surface area contributed by atoms with Gasteiger partial charge >= 0.3 is 12.0 Å². The lowest BCUT2D eigenvalue weighted by Crippen LogP contribution is -2.56. The fourth-order valence-electron chi connectivity index (χ4n) is 10.8. The minimum atomic E-state index is -0.778. The third-order valence-corrected chi connectivity index (χ3v) is 15.5. The third-order valence-electron chi connectivity index (χ3n) is 14.9. The number of aromatic nitrogens is 2. The molecule has 21 nitrogen and oxygen atoms in total. The van der Waals surface area contributed by atoms with E-state index in [-0.39, 0.29) is 91.3 Å². The van der Waals surface area contributed by atoms with Crippen molar-refractivity contribution in [3.8, 4) is 17.8 Å². The average molecular weight is 1090 g/mol. The molecule has 77 heavy (non-hydrogen) atoms. The first-order valence-corrected chi connectivity index (χ1v) is 26.1. The van der Waals surface area contributed by atoms with Gasteiger partial charge in [-0.2, -0.15) is 15.2 Å². The Morgan fingerprint density at radius 1 is 0.948 bits per heavy atom. The standard InChI is InChI=1S/C54H54Cl2N12O9/c1-31(29-76-46-24-45(68(74)75)40(56)23-41(46)59-53(73)58-25-32-11-12-37-34(22-32)26-67(52(37)72)44-13-14-47(69)61-50(44)70)51(71)66-21-20-65(27-35(66)15-17-57)49-38-16-19-64(43-10-4-7-33-6-3-9-39(55)48(33)43)28-42(38)60-54(62-49)77-30-36-8-5-18-63(36)2/h3-4,6-7,9-12,22-24,35-36,44H,1,5,8,13-16,18-21,25-30H2,2H3,(H2,58,59,73)(H,61,69,70)/t35-,36-,44?/m0/s1. The molecule has 3 saturated heterocycles. The molecule has 4 aromatic carbocycles. The molecule has 0 aliphatic carbocycles. The summed E-state index contributed by atoms with van der Waals surface area (Å²) in [7, 11) is 2.08. The fraction of sp³-hybridized carbons (Fsp3) is 0.370. The number of hydrogen-bond acceptors (Lipinski definition) is 15. The lowest BCUT2D eigenvalue weighted by molar-refractivity contribution is -0.384. The summed E-state index contributed by atoms with van der Waals surface area (Å²) in [6.07, 6.45) is 3.03. The van der Waals surface area contributed by atoms with Gasteiger partial charge in [-0.3, -0.25) is 34.6 Å². The molecular formula is C54H54Cl2N12O9. The topological polar surface area (TPSA) is 249 Å². The Balaban J connectivity index is 0.810. The largest absolute Gasteiger partial charge is 0.486 e. The number of hydrogen-bond donors (Lipinski definition) is 3. The van der Waals surface area contributed by atoms with Crippen molar-refractivity contribution in [2.75, 3.05) is 68.1 Å². The van der Waals surface area contributed by atoms with Crippen molar-refractivity contribution < 1.29 is 38.4 Å². The number of carbonyl (C=O) groups is 5. The van der Waals surface area contributed by atoms with Gasteiger partial charge in [0, 0.05) is 79.5 Å². The van der Waals surface area contributed by atoms with Crippen LogP contribution in [0, 0.1) is 21.4 Å². The lowest BCUT2D eigenvalue weighted by atomic mass is 10.0. The van der Waals surface area contributed by atoms with E-state index in [1.165, 1.54) is 4.90 Å². The number of piperazine rings is 1. The van der Waals surface area contributed by atoms with E-state index in [4.69, 9.17) is 42.6 Å². The van der Waals surface area contributed by atoms with Crippen molar-refractivity contribution in [2.45, 2.75) is 76.3 Å². The Kier molecular flexibility index (Phi) is 15.1. The predicted molar refractivity (Wildman–Crippen MR) is 286 cm³/mol. The first kappa shape index (κ1) is 52.4. The second-order valence-corrected chi connectivity index (χ2v) is 20.6. The molecule has 1 aromatic heterocycles. The summed E-state index contributed by atoms with van der Waals surface area (Å²) in [6, 6.07) is 19.8. The van der Waals surface area contributed by atoms with Crippen LogP contribution in [0.15, 0.2) is 78.9 Å². The molecule has 0 radical (unpaired) electrons. The van der Waals surface area contributed by atoms with E-state index in [0.29, 0.717) is 60.2 Å². The predicted octanol–water partition coefficient (Wildman–Crippen LogP) is 6.53. The van der Waals surface area contributed by atoms with Crippen LogP contribution in [-0.2, 0) is 40.4 Å². The van der Waals surface area contributed by atoms with Crippen LogP contribution in [0.1, 0.15) is 64.8 Å². The summed E-state index contributed by atoms with van der Waals surface area (Å²) in [4.78, 5) is 96.0. The highest BCUT2D eigenvalue weighted by Crippen LogP contribution is 2.39. The highest BCUT2D eigenvalue weighted by molar-refractivity contribution is 6.36. The molecule has 23 heteroatoms.